The molecule has 0 spiro atoms. The quantitative estimate of drug-likeness (QED) is 0.305. The highest BCUT2D eigenvalue weighted by molar-refractivity contribution is 6.30. The lowest BCUT2D eigenvalue weighted by atomic mass is 10.2. The number of para-hydroxylation sites is 1. The Hall–Kier alpha value is -3.97. The molecule has 5 rings (SSSR count). The number of hydrogen-bond donors (Lipinski definition) is 2. The first-order chi connectivity index (χ1) is 15.5. The number of aromatic hydroxyl groups is 1. The molecule has 0 unspecified atom stereocenters. The van der Waals surface area contributed by atoms with Gasteiger partial charge in [0.25, 0.3) is 5.91 Å². The first-order valence-electron chi connectivity index (χ1n) is 9.78. The van der Waals surface area contributed by atoms with Crippen molar-refractivity contribution >= 4 is 45.0 Å². The number of fused-ring (bicyclic) bond motifs is 2. The SMILES string of the molecule is O=C(N=Nc1c(O)[nH]c2ccc(F)cc12)c1cn(Cc2ccc(Cl)cc2)c2ccccc12. The van der Waals surface area contributed by atoms with E-state index in [-0.39, 0.29) is 11.6 Å². The first kappa shape index (κ1) is 20.0. The fourth-order valence-electron chi connectivity index (χ4n) is 3.72. The lowest BCUT2D eigenvalue weighted by Gasteiger charge is -2.05. The highest BCUT2D eigenvalue weighted by Gasteiger charge is 2.16. The zero-order valence-electron chi connectivity index (χ0n) is 16.6. The van der Waals surface area contributed by atoms with Crippen LogP contribution in [-0.2, 0) is 6.54 Å². The molecule has 0 radical (unpaired) electrons. The van der Waals surface area contributed by atoms with E-state index in [1.54, 1.807) is 6.20 Å². The molecule has 3 aromatic carbocycles. The molecule has 2 aromatic heterocycles. The number of nitrogens with one attached hydrogen (secondary N) is 1. The predicted molar refractivity (Wildman–Crippen MR) is 121 cm³/mol. The molecule has 0 saturated heterocycles. The molecule has 0 fully saturated rings. The van der Waals surface area contributed by atoms with Crippen molar-refractivity contribution in [2.75, 3.05) is 0 Å². The third-order valence-electron chi connectivity index (χ3n) is 5.24. The fraction of sp³-hybridized carbons (Fsp3) is 0.0417. The number of H-pyrrole nitrogens is 1. The van der Waals surface area contributed by atoms with E-state index in [2.05, 4.69) is 15.2 Å². The van der Waals surface area contributed by atoms with E-state index in [9.17, 15) is 14.3 Å². The van der Waals surface area contributed by atoms with E-state index in [1.807, 2.05) is 53.1 Å². The minimum atomic E-state index is -0.568. The highest BCUT2D eigenvalue weighted by atomic mass is 35.5. The predicted octanol–water partition coefficient (Wildman–Crippen LogP) is 6.59. The van der Waals surface area contributed by atoms with Crippen LogP contribution in [0.2, 0.25) is 5.02 Å². The van der Waals surface area contributed by atoms with Gasteiger partial charge in [-0.05, 0) is 42.0 Å². The van der Waals surface area contributed by atoms with Crippen molar-refractivity contribution in [3.8, 4) is 5.88 Å². The Morgan fingerprint density at radius 2 is 1.84 bits per heavy atom. The summed E-state index contributed by atoms with van der Waals surface area (Å²) in [6.07, 6.45) is 1.73. The molecule has 158 valence electrons. The van der Waals surface area contributed by atoms with E-state index >= 15 is 0 Å². The van der Waals surface area contributed by atoms with Crippen LogP contribution in [0.25, 0.3) is 21.8 Å². The van der Waals surface area contributed by atoms with E-state index in [0.717, 1.165) is 16.5 Å². The monoisotopic (exact) mass is 446 g/mol. The molecule has 0 aliphatic heterocycles. The van der Waals surface area contributed by atoms with E-state index in [1.165, 1.54) is 18.2 Å². The Morgan fingerprint density at radius 1 is 1.06 bits per heavy atom. The van der Waals surface area contributed by atoms with Gasteiger partial charge in [0.1, 0.15) is 5.82 Å². The summed E-state index contributed by atoms with van der Waals surface area (Å²) in [5.74, 6) is -1.34. The largest absolute Gasteiger partial charge is 0.493 e. The van der Waals surface area contributed by atoms with Crippen LogP contribution in [-0.4, -0.2) is 20.6 Å². The van der Waals surface area contributed by atoms with Crippen molar-refractivity contribution in [2.24, 2.45) is 10.2 Å². The second-order valence-electron chi connectivity index (χ2n) is 7.33. The Balaban J connectivity index is 1.51. The molecular weight excluding hydrogens is 431 g/mol. The summed E-state index contributed by atoms with van der Waals surface area (Å²) >= 11 is 5.97. The zero-order chi connectivity index (χ0) is 22.2. The number of aromatic amines is 1. The summed E-state index contributed by atoms with van der Waals surface area (Å²) in [4.78, 5) is 15.6. The highest BCUT2D eigenvalue weighted by Crippen LogP contribution is 2.36. The zero-order valence-corrected chi connectivity index (χ0v) is 17.3. The second kappa shape index (κ2) is 7.94. The van der Waals surface area contributed by atoms with Gasteiger partial charge in [0.05, 0.1) is 11.1 Å². The molecule has 0 aliphatic rings. The van der Waals surface area contributed by atoms with Gasteiger partial charge in [-0.15, -0.1) is 10.2 Å². The molecule has 32 heavy (non-hydrogen) atoms. The summed E-state index contributed by atoms with van der Waals surface area (Å²) in [5, 5.41) is 19.6. The Kier molecular flexibility index (Phi) is 4.95. The summed E-state index contributed by atoms with van der Waals surface area (Å²) in [7, 11) is 0. The second-order valence-corrected chi connectivity index (χ2v) is 7.77. The van der Waals surface area contributed by atoms with Gasteiger partial charge in [-0.1, -0.05) is 41.9 Å². The van der Waals surface area contributed by atoms with Crippen molar-refractivity contribution in [3.05, 3.63) is 94.9 Å². The average Bonchev–Trinajstić information content (AvgIpc) is 3.31. The smallest absolute Gasteiger partial charge is 0.297 e. The molecule has 0 aliphatic carbocycles. The number of nitrogens with zero attached hydrogens (tertiary/aromatic N) is 3. The maximum Gasteiger partial charge on any atom is 0.297 e. The van der Waals surface area contributed by atoms with Gasteiger partial charge in [-0.2, -0.15) is 0 Å². The summed E-state index contributed by atoms with van der Waals surface area (Å²) in [6, 6.07) is 19.0. The number of rotatable bonds is 4. The molecule has 1 amide bonds. The summed E-state index contributed by atoms with van der Waals surface area (Å²) in [6.45, 7) is 0.546. The Bertz CT molecular complexity index is 1500. The maximum atomic E-state index is 13.6. The Morgan fingerprint density at radius 3 is 2.66 bits per heavy atom. The topological polar surface area (TPSA) is 82.7 Å². The third-order valence-corrected chi connectivity index (χ3v) is 5.49. The van der Waals surface area contributed by atoms with Crippen molar-refractivity contribution in [3.63, 3.8) is 0 Å². The van der Waals surface area contributed by atoms with Crippen LogP contribution < -0.4 is 0 Å². The molecule has 5 aromatic rings. The van der Waals surface area contributed by atoms with Crippen LogP contribution >= 0.6 is 11.6 Å². The van der Waals surface area contributed by atoms with E-state index in [4.69, 9.17) is 11.6 Å². The molecule has 0 saturated carbocycles. The van der Waals surface area contributed by atoms with Gasteiger partial charge in [0.15, 0.2) is 5.69 Å². The van der Waals surface area contributed by atoms with Crippen molar-refractivity contribution in [2.45, 2.75) is 6.54 Å². The van der Waals surface area contributed by atoms with Crippen LogP contribution in [0.3, 0.4) is 0 Å². The molecule has 8 heteroatoms. The van der Waals surface area contributed by atoms with E-state index in [0.29, 0.717) is 28.0 Å². The maximum absolute atomic E-state index is 13.6. The lowest BCUT2D eigenvalue weighted by molar-refractivity contribution is 0.0996. The molecule has 2 N–H and O–H groups in total. The van der Waals surface area contributed by atoms with Gasteiger partial charge in [-0.25, -0.2) is 4.39 Å². The molecule has 0 bridgehead atoms. The minimum Gasteiger partial charge on any atom is -0.493 e. The van der Waals surface area contributed by atoms with Gasteiger partial charge in [0, 0.05) is 34.1 Å². The van der Waals surface area contributed by atoms with E-state index < -0.39 is 11.7 Å². The Labute approximate surface area is 186 Å². The normalized spacial score (nSPS) is 11.7. The summed E-state index contributed by atoms with van der Waals surface area (Å²) < 4.78 is 15.6. The van der Waals surface area contributed by atoms with Crippen molar-refractivity contribution < 1.29 is 14.3 Å². The van der Waals surface area contributed by atoms with Gasteiger partial charge < -0.3 is 14.7 Å². The van der Waals surface area contributed by atoms with Crippen molar-refractivity contribution in [1.29, 1.82) is 0 Å². The number of hydrogen-bond acceptors (Lipinski definition) is 3. The van der Waals surface area contributed by atoms with Gasteiger partial charge in [0.2, 0.25) is 5.88 Å². The van der Waals surface area contributed by atoms with Crippen LogP contribution in [0.4, 0.5) is 10.1 Å². The number of amides is 1. The third kappa shape index (κ3) is 3.63. The standard InChI is InChI=1S/C24H16ClFN4O2/c25-15-7-5-14(6-8-15)12-30-13-19(17-3-1-2-4-21(17)30)23(31)29-28-22-18-11-16(26)9-10-20(18)27-24(22)32/h1-11,13,27,32H,12H2. The van der Waals surface area contributed by atoms with Gasteiger partial charge >= 0.3 is 0 Å². The van der Waals surface area contributed by atoms with Crippen LogP contribution in [0.5, 0.6) is 5.88 Å². The minimum absolute atomic E-state index is 0.0118. The number of carbonyl (C=O) groups is 1. The molecule has 0 atom stereocenters. The first-order valence-corrected chi connectivity index (χ1v) is 10.2. The number of azo groups is 1. The number of carbonyl (C=O) groups excluding carboxylic acids is 1. The van der Waals surface area contributed by atoms with Crippen LogP contribution in [0, 0.1) is 5.82 Å². The lowest BCUT2D eigenvalue weighted by Crippen LogP contribution is -1.98. The van der Waals surface area contributed by atoms with Gasteiger partial charge in [-0.3, -0.25) is 4.79 Å². The summed E-state index contributed by atoms with van der Waals surface area (Å²) in [5.41, 5.74) is 2.78. The molecule has 6 nitrogen and oxygen atoms in total. The number of halogens is 2. The van der Waals surface area contributed by atoms with Crippen molar-refractivity contribution in [1.82, 2.24) is 9.55 Å². The fourth-order valence-corrected chi connectivity index (χ4v) is 3.85. The number of benzene rings is 3. The average molecular weight is 447 g/mol. The molecule has 2 heterocycles. The number of aromatic nitrogens is 2. The van der Waals surface area contributed by atoms with Crippen LogP contribution in [0.1, 0.15) is 15.9 Å². The molecular formula is C24H16ClFN4O2. The van der Waals surface area contributed by atoms with Crippen LogP contribution in [0.15, 0.2) is 83.2 Å².